The predicted molar refractivity (Wildman–Crippen MR) is 77.8 cm³/mol. The van der Waals surface area contributed by atoms with E-state index in [2.05, 4.69) is 39.0 Å². The maximum atomic E-state index is 12.5. The lowest BCUT2D eigenvalue weighted by atomic mass is 9.80. The first-order valence-corrected chi connectivity index (χ1v) is 6.73. The minimum absolute atomic E-state index is 0.120. The van der Waals surface area contributed by atoms with Crippen molar-refractivity contribution in [2.75, 3.05) is 0 Å². The molecule has 0 heterocycles. The first-order valence-electron chi connectivity index (χ1n) is 6.73. The number of fused-ring (bicyclic) bond motifs is 2. The number of rotatable bonds is 0. The van der Waals surface area contributed by atoms with Gasteiger partial charge in [-0.15, -0.1) is 0 Å². The van der Waals surface area contributed by atoms with Gasteiger partial charge < -0.3 is 0 Å². The molecule has 0 bridgehead atoms. The van der Waals surface area contributed by atoms with Crippen molar-refractivity contribution >= 4 is 5.78 Å². The van der Waals surface area contributed by atoms with Gasteiger partial charge >= 0.3 is 0 Å². The molecule has 0 spiro atoms. The molecular formula is C18H18O. The molecule has 96 valence electrons. The van der Waals surface area contributed by atoms with Crippen molar-refractivity contribution in [1.82, 2.24) is 0 Å². The summed E-state index contributed by atoms with van der Waals surface area (Å²) in [5.41, 5.74) is 5.44. The normalized spacial score (nSPS) is 13.9. The van der Waals surface area contributed by atoms with Crippen LogP contribution in [0.2, 0.25) is 0 Å². The molecule has 0 amide bonds. The first kappa shape index (κ1) is 12.2. The number of benzene rings is 2. The van der Waals surface area contributed by atoms with Gasteiger partial charge in [0.15, 0.2) is 5.78 Å². The zero-order chi connectivity index (χ0) is 13.6. The fraction of sp³-hybridized carbons (Fsp3) is 0.278. The maximum absolute atomic E-state index is 12.5. The molecule has 0 unspecified atom stereocenters. The van der Waals surface area contributed by atoms with E-state index < -0.39 is 0 Å². The van der Waals surface area contributed by atoms with Crippen LogP contribution in [0.5, 0.6) is 0 Å². The number of carbonyl (C=O) groups is 1. The van der Waals surface area contributed by atoms with E-state index >= 15 is 0 Å². The van der Waals surface area contributed by atoms with Crippen LogP contribution < -0.4 is 0 Å². The van der Waals surface area contributed by atoms with Gasteiger partial charge in [0.25, 0.3) is 0 Å². The summed E-state index contributed by atoms with van der Waals surface area (Å²) in [6.45, 7) is 6.61. The summed E-state index contributed by atoms with van der Waals surface area (Å²) in [5.74, 6) is 0.164. The lowest BCUT2D eigenvalue weighted by Crippen LogP contribution is -2.18. The monoisotopic (exact) mass is 250 g/mol. The smallest absolute Gasteiger partial charge is 0.193 e. The number of hydrogen-bond donors (Lipinski definition) is 0. The molecule has 0 radical (unpaired) electrons. The molecule has 0 aliphatic heterocycles. The number of hydrogen-bond acceptors (Lipinski definition) is 1. The average Bonchev–Trinajstić information content (AvgIpc) is 2.37. The molecule has 0 atom stereocenters. The van der Waals surface area contributed by atoms with Crippen molar-refractivity contribution in [2.45, 2.75) is 32.6 Å². The summed E-state index contributed by atoms with van der Waals surface area (Å²) in [4.78, 5) is 12.5. The first-order chi connectivity index (χ1) is 8.97. The van der Waals surface area contributed by atoms with E-state index in [-0.39, 0.29) is 11.2 Å². The fourth-order valence-electron chi connectivity index (χ4n) is 2.67. The summed E-state index contributed by atoms with van der Waals surface area (Å²) in [5, 5.41) is 0. The molecule has 1 nitrogen and oxygen atoms in total. The standard InChI is InChI=1S/C18H18O/c1-18(2,3)14-8-9-16-13(11-14)10-12-6-4-5-7-15(12)17(16)19/h4-9,11H,10H2,1-3H3. The molecule has 0 saturated heterocycles. The Hall–Kier alpha value is -1.89. The zero-order valence-corrected chi connectivity index (χ0v) is 11.7. The highest BCUT2D eigenvalue weighted by atomic mass is 16.1. The van der Waals surface area contributed by atoms with Gasteiger partial charge in [0.05, 0.1) is 0 Å². The van der Waals surface area contributed by atoms with Crippen LogP contribution in [0.3, 0.4) is 0 Å². The highest BCUT2D eigenvalue weighted by Crippen LogP contribution is 2.31. The molecule has 0 N–H and O–H groups in total. The summed E-state index contributed by atoms with van der Waals surface area (Å²) < 4.78 is 0. The Balaban J connectivity index is 2.13. The van der Waals surface area contributed by atoms with Crippen LogP contribution in [-0.4, -0.2) is 5.78 Å². The summed E-state index contributed by atoms with van der Waals surface area (Å²) in [7, 11) is 0. The molecule has 0 saturated carbocycles. The Morgan fingerprint density at radius 2 is 1.58 bits per heavy atom. The third-order valence-electron chi connectivity index (χ3n) is 3.86. The molecular weight excluding hydrogens is 232 g/mol. The van der Waals surface area contributed by atoms with Crippen molar-refractivity contribution in [3.05, 3.63) is 70.3 Å². The lowest BCUT2D eigenvalue weighted by Gasteiger charge is -2.24. The van der Waals surface area contributed by atoms with Crippen molar-refractivity contribution in [2.24, 2.45) is 0 Å². The Kier molecular flexibility index (Phi) is 2.60. The van der Waals surface area contributed by atoms with E-state index in [0.29, 0.717) is 0 Å². The van der Waals surface area contributed by atoms with E-state index in [0.717, 1.165) is 28.7 Å². The molecule has 2 aromatic rings. The van der Waals surface area contributed by atoms with Crippen LogP contribution in [0, 0.1) is 0 Å². The Bertz CT molecular complexity index is 660. The third-order valence-corrected chi connectivity index (χ3v) is 3.86. The summed E-state index contributed by atoms with van der Waals surface area (Å²) in [6, 6.07) is 14.2. The SMILES string of the molecule is CC(C)(C)c1ccc2c(c1)Cc1ccccc1C2=O. The maximum Gasteiger partial charge on any atom is 0.193 e. The fourth-order valence-corrected chi connectivity index (χ4v) is 2.67. The van der Waals surface area contributed by atoms with Gasteiger partial charge in [-0.05, 0) is 28.5 Å². The van der Waals surface area contributed by atoms with Gasteiger partial charge in [-0.25, -0.2) is 0 Å². The van der Waals surface area contributed by atoms with E-state index in [4.69, 9.17) is 0 Å². The Labute approximate surface area is 114 Å². The van der Waals surface area contributed by atoms with Gasteiger partial charge in [-0.3, -0.25) is 4.79 Å². The van der Waals surface area contributed by atoms with E-state index in [9.17, 15) is 4.79 Å². The van der Waals surface area contributed by atoms with Crippen LogP contribution in [0.25, 0.3) is 0 Å². The molecule has 19 heavy (non-hydrogen) atoms. The topological polar surface area (TPSA) is 17.1 Å². The molecule has 2 aromatic carbocycles. The van der Waals surface area contributed by atoms with Gasteiger partial charge in [0, 0.05) is 11.1 Å². The van der Waals surface area contributed by atoms with E-state index in [1.54, 1.807) is 0 Å². The Morgan fingerprint density at radius 1 is 0.895 bits per heavy atom. The Morgan fingerprint density at radius 3 is 2.32 bits per heavy atom. The van der Waals surface area contributed by atoms with Crippen LogP contribution in [0.1, 0.15) is 53.4 Å². The molecule has 3 rings (SSSR count). The molecule has 0 fully saturated rings. The van der Waals surface area contributed by atoms with E-state index in [1.165, 1.54) is 5.56 Å². The number of carbonyl (C=O) groups excluding carboxylic acids is 1. The van der Waals surface area contributed by atoms with Crippen LogP contribution in [0.15, 0.2) is 42.5 Å². The molecule has 1 aliphatic carbocycles. The van der Waals surface area contributed by atoms with Crippen molar-refractivity contribution in [3.8, 4) is 0 Å². The van der Waals surface area contributed by atoms with Crippen molar-refractivity contribution < 1.29 is 4.79 Å². The number of ketones is 1. The second kappa shape index (κ2) is 4.06. The van der Waals surface area contributed by atoms with Crippen molar-refractivity contribution in [1.29, 1.82) is 0 Å². The second-order valence-electron chi connectivity index (χ2n) is 6.28. The minimum atomic E-state index is 0.120. The molecule has 1 aliphatic rings. The third kappa shape index (κ3) is 1.99. The lowest BCUT2D eigenvalue weighted by molar-refractivity contribution is 0.103. The molecule has 1 heteroatoms. The van der Waals surface area contributed by atoms with Crippen LogP contribution >= 0.6 is 0 Å². The quantitative estimate of drug-likeness (QED) is 0.586. The van der Waals surface area contributed by atoms with Gasteiger partial charge in [0.2, 0.25) is 0 Å². The predicted octanol–water partition coefficient (Wildman–Crippen LogP) is 4.12. The summed E-state index contributed by atoms with van der Waals surface area (Å²) in [6.07, 6.45) is 0.862. The van der Waals surface area contributed by atoms with Gasteiger partial charge in [0.1, 0.15) is 0 Å². The van der Waals surface area contributed by atoms with Crippen molar-refractivity contribution in [3.63, 3.8) is 0 Å². The van der Waals surface area contributed by atoms with Gasteiger partial charge in [-0.1, -0.05) is 63.2 Å². The largest absolute Gasteiger partial charge is 0.289 e. The molecule has 0 aromatic heterocycles. The highest BCUT2D eigenvalue weighted by molar-refractivity contribution is 6.12. The minimum Gasteiger partial charge on any atom is -0.289 e. The zero-order valence-electron chi connectivity index (χ0n) is 11.7. The van der Waals surface area contributed by atoms with E-state index in [1.807, 2.05) is 24.3 Å². The van der Waals surface area contributed by atoms with Crippen LogP contribution in [-0.2, 0) is 11.8 Å². The van der Waals surface area contributed by atoms with Crippen LogP contribution in [0.4, 0.5) is 0 Å². The van der Waals surface area contributed by atoms with Gasteiger partial charge in [-0.2, -0.15) is 0 Å². The second-order valence-corrected chi connectivity index (χ2v) is 6.28. The average molecular weight is 250 g/mol. The summed E-state index contributed by atoms with van der Waals surface area (Å²) >= 11 is 0. The highest BCUT2D eigenvalue weighted by Gasteiger charge is 2.24.